The number of para-hydroxylation sites is 2. The fourth-order valence-electron chi connectivity index (χ4n) is 4.72. The molecule has 0 bridgehead atoms. The average molecular weight is 480 g/mol. The molecule has 2 aromatic rings. The van der Waals surface area contributed by atoms with Gasteiger partial charge in [-0.1, -0.05) is 63.2 Å². The zero-order valence-corrected chi connectivity index (χ0v) is 21.5. The second kappa shape index (κ2) is 13.2. The van der Waals surface area contributed by atoms with E-state index in [0.29, 0.717) is 25.0 Å². The van der Waals surface area contributed by atoms with Crippen LogP contribution in [0, 0.1) is 11.8 Å². The van der Waals surface area contributed by atoms with E-state index in [1.165, 1.54) is 0 Å². The highest BCUT2D eigenvalue weighted by Gasteiger charge is 2.29. The van der Waals surface area contributed by atoms with Gasteiger partial charge in [-0.15, -0.1) is 0 Å². The molecule has 1 aliphatic heterocycles. The van der Waals surface area contributed by atoms with Crippen molar-refractivity contribution in [1.82, 2.24) is 4.90 Å². The van der Waals surface area contributed by atoms with Crippen LogP contribution < -0.4 is 15.4 Å². The van der Waals surface area contributed by atoms with Crippen molar-refractivity contribution in [2.24, 2.45) is 17.6 Å². The number of benzene rings is 2. The molecule has 1 saturated heterocycles. The molecule has 1 heterocycles. The maximum Gasteiger partial charge on any atom is 0.222 e. The number of amides is 2. The molecule has 35 heavy (non-hydrogen) atoms. The Morgan fingerprint density at radius 3 is 2.31 bits per heavy atom. The van der Waals surface area contributed by atoms with Crippen molar-refractivity contribution >= 4 is 17.5 Å². The number of nitrogens with zero attached hydrogens (tertiary/aromatic N) is 2. The van der Waals surface area contributed by atoms with Crippen molar-refractivity contribution in [2.45, 2.75) is 65.5 Å². The Kier molecular flexibility index (Phi) is 10.0. The number of carbonyl (C=O) groups excluding carboxylic acids is 2. The molecule has 190 valence electrons. The number of piperidine rings is 1. The van der Waals surface area contributed by atoms with E-state index in [2.05, 4.69) is 49.1 Å². The van der Waals surface area contributed by atoms with Gasteiger partial charge in [0.05, 0.1) is 5.69 Å². The van der Waals surface area contributed by atoms with Gasteiger partial charge in [-0.25, -0.2) is 0 Å². The number of primary amides is 1. The first-order valence-corrected chi connectivity index (χ1v) is 12.9. The molecule has 3 rings (SSSR count). The minimum absolute atomic E-state index is 0.0195. The standard InChI is InChI=1S/C29H41N3O3/c1-22(2)13-18-32(25-14-16-31(17-15-25)29(34)20-23(3)19-28(30)33)26-11-7-8-12-27(26)35-21-24-9-5-4-6-10-24/h4-12,22-23,25H,13-21H2,1-3H3,(H2,30,33). The summed E-state index contributed by atoms with van der Waals surface area (Å²) in [5.41, 5.74) is 7.57. The third kappa shape index (κ3) is 8.30. The third-order valence-corrected chi connectivity index (χ3v) is 6.69. The van der Waals surface area contributed by atoms with Crippen molar-refractivity contribution in [2.75, 3.05) is 24.5 Å². The fraction of sp³-hybridized carbons (Fsp3) is 0.517. The Morgan fingerprint density at radius 2 is 1.66 bits per heavy atom. The highest BCUT2D eigenvalue weighted by atomic mass is 16.5. The first kappa shape index (κ1) is 26.6. The Bertz CT molecular complexity index is 939. The topological polar surface area (TPSA) is 75.9 Å². The summed E-state index contributed by atoms with van der Waals surface area (Å²) in [4.78, 5) is 28.4. The predicted molar refractivity (Wildman–Crippen MR) is 141 cm³/mol. The number of hydrogen-bond donors (Lipinski definition) is 1. The van der Waals surface area contributed by atoms with Crippen LogP contribution in [0.4, 0.5) is 5.69 Å². The number of nitrogens with two attached hydrogens (primary N) is 1. The number of ether oxygens (including phenoxy) is 1. The van der Waals surface area contributed by atoms with E-state index in [-0.39, 0.29) is 24.2 Å². The van der Waals surface area contributed by atoms with Gasteiger partial charge in [-0.2, -0.15) is 0 Å². The van der Waals surface area contributed by atoms with Gasteiger partial charge in [-0.05, 0) is 48.8 Å². The molecule has 0 aromatic heterocycles. The maximum absolute atomic E-state index is 12.8. The van der Waals surface area contributed by atoms with Gasteiger partial charge in [0.1, 0.15) is 12.4 Å². The average Bonchev–Trinajstić information content (AvgIpc) is 2.84. The summed E-state index contributed by atoms with van der Waals surface area (Å²) < 4.78 is 6.29. The number of hydrogen-bond acceptors (Lipinski definition) is 4. The number of carbonyl (C=O) groups is 2. The van der Waals surface area contributed by atoms with Crippen LogP contribution in [0.2, 0.25) is 0 Å². The Labute approximate surface area is 210 Å². The largest absolute Gasteiger partial charge is 0.487 e. The molecule has 2 amide bonds. The van der Waals surface area contributed by atoms with Crippen molar-refractivity contribution in [1.29, 1.82) is 0 Å². The van der Waals surface area contributed by atoms with Gasteiger partial charge in [0.15, 0.2) is 0 Å². The van der Waals surface area contributed by atoms with Crippen LogP contribution in [-0.4, -0.2) is 42.4 Å². The molecule has 6 nitrogen and oxygen atoms in total. The molecule has 2 N–H and O–H groups in total. The highest BCUT2D eigenvalue weighted by molar-refractivity contribution is 5.78. The normalized spacial score (nSPS) is 15.1. The van der Waals surface area contributed by atoms with E-state index in [0.717, 1.165) is 55.9 Å². The van der Waals surface area contributed by atoms with Crippen molar-refractivity contribution < 1.29 is 14.3 Å². The Balaban J connectivity index is 1.68. The maximum atomic E-state index is 12.8. The van der Waals surface area contributed by atoms with Gasteiger partial charge < -0.3 is 20.3 Å². The van der Waals surface area contributed by atoms with Crippen LogP contribution >= 0.6 is 0 Å². The first-order chi connectivity index (χ1) is 16.8. The van der Waals surface area contributed by atoms with E-state index in [1.807, 2.05) is 36.1 Å². The lowest BCUT2D eigenvalue weighted by molar-refractivity contribution is -0.133. The van der Waals surface area contributed by atoms with Crippen molar-refractivity contribution in [3.05, 3.63) is 60.2 Å². The van der Waals surface area contributed by atoms with Crippen LogP contribution in [0.5, 0.6) is 5.75 Å². The molecule has 1 unspecified atom stereocenters. The summed E-state index contributed by atoms with van der Waals surface area (Å²) in [5, 5.41) is 0. The lowest BCUT2D eigenvalue weighted by atomic mass is 9.98. The first-order valence-electron chi connectivity index (χ1n) is 12.9. The summed E-state index contributed by atoms with van der Waals surface area (Å²) in [6.07, 6.45) is 3.56. The summed E-state index contributed by atoms with van der Waals surface area (Å²) in [6, 6.07) is 18.9. The monoisotopic (exact) mass is 479 g/mol. The summed E-state index contributed by atoms with van der Waals surface area (Å²) in [6.45, 7) is 9.38. The predicted octanol–water partition coefficient (Wildman–Crippen LogP) is 5.01. The number of rotatable bonds is 12. The summed E-state index contributed by atoms with van der Waals surface area (Å²) >= 11 is 0. The molecule has 0 spiro atoms. The zero-order valence-electron chi connectivity index (χ0n) is 21.5. The van der Waals surface area contributed by atoms with Crippen LogP contribution in [0.1, 0.15) is 58.4 Å². The smallest absolute Gasteiger partial charge is 0.222 e. The van der Waals surface area contributed by atoms with E-state index in [1.54, 1.807) is 0 Å². The number of anilines is 1. The van der Waals surface area contributed by atoms with Gasteiger partial charge in [0.25, 0.3) is 0 Å². The summed E-state index contributed by atoms with van der Waals surface area (Å²) in [5.74, 6) is 1.26. The molecule has 0 saturated carbocycles. The van der Waals surface area contributed by atoms with Gasteiger partial charge in [0, 0.05) is 38.5 Å². The van der Waals surface area contributed by atoms with E-state index < -0.39 is 0 Å². The second-order valence-corrected chi connectivity index (χ2v) is 10.2. The van der Waals surface area contributed by atoms with E-state index >= 15 is 0 Å². The molecule has 1 atom stereocenters. The number of likely N-dealkylation sites (tertiary alicyclic amines) is 1. The molecular weight excluding hydrogens is 438 g/mol. The third-order valence-electron chi connectivity index (χ3n) is 6.69. The van der Waals surface area contributed by atoms with Gasteiger partial charge in [-0.3, -0.25) is 9.59 Å². The SMILES string of the molecule is CC(C)CCN(c1ccccc1OCc1ccccc1)C1CCN(C(=O)CC(C)CC(N)=O)CC1. The molecule has 0 radical (unpaired) electrons. The van der Waals surface area contributed by atoms with Crippen LogP contribution in [-0.2, 0) is 16.2 Å². The zero-order chi connectivity index (χ0) is 25.2. The van der Waals surface area contributed by atoms with E-state index in [4.69, 9.17) is 10.5 Å². The quantitative estimate of drug-likeness (QED) is 0.464. The summed E-state index contributed by atoms with van der Waals surface area (Å²) in [7, 11) is 0. The van der Waals surface area contributed by atoms with Gasteiger partial charge >= 0.3 is 0 Å². The van der Waals surface area contributed by atoms with Crippen LogP contribution in [0.3, 0.4) is 0 Å². The lowest BCUT2D eigenvalue weighted by Crippen LogP contribution is -2.47. The lowest BCUT2D eigenvalue weighted by Gasteiger charge is -2.41. The minimum atomic E-state index is -0.349. The molecule has 1 aliphatic rings. The van der Waals surface area contributed by atoms with E-state index in [9.17, 15) is 9.59 Å². The van der Waals surface area contributed by atoms with Crippen LogP contribution in [0.25, 0.3) is 0 Å². The molecule has 6 heteroatoms. The van der Waals surface area contributed by atoms with Gasteiger partial charge in [0.2, 0.25) is 11.8 Å². The Morgan fingerprint density at radius 1 is 1.00 bits per heavy atom. The molecule has 2 aromatic carbocycles. The second-order valence-electron chi connectivity index (χ2n) is 10.2. The van der Waals surface area contributed by atoms with Crippen molar-refractivity contribution in [3.63, 3.8) is 0 Å². The minimum Gasteiger partial charge on any atom is -0.487 e. The fourth-order valence-corrected chi connectivity index (χ4v) is 4.72. The van der Waals surface area contributed by atoms with Crippen molar-refractivity contribution in [3.8, 4) is 5.75 Å². The molecule has 1 fully saturated rings. The van der Waals surface area contributed by atoms with Crippen LogP contribution in [0.15, 0.2) is 54.6 Å². The highest BCUT2D eigenvalue weighted by Crippen LogP contribution is 2.33. The Hall–Kier alpha value is -3.02. The molecular formula is C29H41N3O3. The molecule has 0 aliphatic carbocycles.